The lowest BCUT2D eigenvalue weighted by Gasteiger charge is -2.44. The number of amides is 4. The summed E-state index contributed by atoms with van der Waals surface area (Å²) in [5.41, 5.74) is 4.76. The number of hydrogen-bond acceptors (Lipinski definition) is 6. The van der Waals surface area contributed by atoms with Crippen molar-refractivity contribution in [3.05, 3.63) is 29.3 Å². The van der Waals surface area contributed by atoms with Crippen LogP contribution in [0.3, 0.4) is 0 Å². The molecule has 0 aromatic heterocycles. The molecule has 1 saturated carbocycles. The number of alkyl carbamates (subject to hydrolysis) is 1. The molecule has 5 N–H and O–H groups in total. The van der Waals surface area contributed by atoms with Gasteiger partial charge in [0.25, 0.3) is 0 Å². The van der Waals surface area contributed by atoms with Crippen molar-refractivity contribution < 1.29 is 29.0 Å². The highest BCUT2D eigenvalue weighted by Crippen LogP contribution is 2.38. The second-order valence-electron chi connectivity index (χ2n) is 11.4. The summed E-state index contributed by atoms with van der Waals surface area (Å²) in [6.45, 7) is 12.2. The highest BCUT2D eigenvalue weighted by Gasteiger charge is 2.43. The first kappa shape index (κ1) is 28.9. The molecule has 0 saturated heterocycles. The number of nitrogens with zero attached hydrogens (tertiary/aromatic N) is 1. The summed E-state index contributed by atoms with van der Waals surface area (Å²) in [5.74, 6) is -2.04. The normalized spacial score (nSPS) is 15.8. The summed E-state index contributed by atoms with van der Waals surface area (Å²) in [6, 6.07) is 2.12. The zero-order chi connectivity index (χ0) is 27.4. The van der Waals surface area contributed by atoms with Gasteiger partial charge < -0.3 is 31.1 Å². The molecule has 0 radical (unpaired) electrons. The summed E-state index contributed by atoms with van der Waals surface area (Å²) in [5, 5.41) is 16.3. The van der Waals surface area contributed by atoms with Gasteiger partial charge in [0.15, 0.2) is 0 Å². The van der Waals surface area contributed by atoms with Gasteiger partial charge in [-0.05, 0) is 73.3 Å². The second kappa shape index (κ2) is 11.2. The van der Waals surface area contributed by atoms with Gasteiger partial charge in [0.1, 0.15) is 23.4 Å². The number of carbonyl (C=O) groups is 4. The van der Waals surface area contributed by atoms with E-state index in [1.807, 2.05) is 20.8 Å². The van der Waals surface area contributed by atoms with Gasteiger partial charge in [-0.3, -0.25) is 14.4 Å². The summed E-state index contributed by atoms with van der Waals surface area (Å²) < 4.78 is 5.28. The average molecular weight is 505 g/mol. The van der Waals surface area contributed by atoms with Crippen molar-refractivity contribution in [2.45, 2.75) is 103 Å². The maximum atomic E-state index is 14.0. The molecule has 0 aliphatic heterocycles. The number of nitrogens with one attached hydrogen (secondary N) is 2. The number of primary amides is 1. The lowest BCUT2D eigenvalue weighted by Crippen LogP contribution is -2.59. The number of carbonyl (C=O) groups excluding carboxylic acids is 4. The lowest BCUT2D eigenvalue weighted by molar-refractivity contribution is -0.148. The molecule has 2 atom stereocenters. The molecule has 1 aromatic rings. The third-order valence-electron chi connectivity index (χ3n) is 5.71. The fourth-order valence-corrected chi connectivity index (χ4v) is 3.97. The number of ether oxygens (including phenoxy) is 1. The van der Waals surface area contributed by atoms with Crippen LogP contribution in [0.5, 0.6) is 5.75 Å². The van der Waals surface area contributed by atoms with Gasteiger partial charge in [-0.15, -0.1) is 0 Å². The zero-order valence-electron chi connectivity index (χ0n) is 22.3. The molecule has 36 heavy (non-hydrogen) atoms. The monoisotopic (exact) mass is 504 g/mol. The minimum atomic E-state index is -1.35. The van der Waals surface area contributed by atoms with Gasteiger partial charge in [0.2, 0.25) is 17.7 Å². The van der Waals surface area contributed by atoms with Gasteiger partial charge in [-0.25, -0.2) is 4.79 Å². The van der Waals surface area contributed by atoms with E-state index in [-0.39, 0.29) is 17.4 Å². The number of phenols is 1. The predicted molar refractivity (Wildman–Crippen MR) is 135 cm³/mol. The summed E-state index contributed by atoms with van der Waals surface area (Å²) in [4.78, 5) is 53.4. The van der Waals surface area contributed by atoms with Crippen molar-refractivity contribution in [3.8, 4) is 5.75 Å². The summed E-state index contributed by atoms with van der Waals surface area (Å²) in [7, 11) is 0. The third kappa shape index (κ3) is 7.86. The van der Waals surface area contributed by atoms with Crippen LogP contribution >= 0.6 is 0 Å². The number of aromatic hydroxyl groups is 1. The average Bonchev–Trinajstić information content (AvgIpc) is 2.65. The largest absolute Gasteiger partial charge is 0.507 e. The zero-order valence-corrected chi connectivity index (χ0v) is 22.3. The predicted octanol–water partition coefficient (Wildman–Crippen LogP) is 2.81. The van der Waals surface area contributed by atoms with Crippen LogP contribution in [0.4, 0.5) is 4.79 Å². The Hall–Kier alpha value is -3.30. The molecular formula is C26H40N4O6. The van der Waals surface area contributed by atoms with Gasteiger partial charge in [0, 0.05) is 17.1 Å². The molecular weight excluding hydrogens is 464 g/mol. The molecule has 1 aliphatic carbocycles. The highest BCUT2D eigenvalue weighted by atomic mass is 16.6. The Morgan fingerprint density at radius 2 is 1.75 bits per heavy atom. The topological polar surface area (TPSA) is 151 Å². The van der Waals surface area contributed by atoms with E-state index in [1.165, 1.54) is 4.90 Å². The SMILES string of the molecule is Cc1cccc(C(C(=O)NC(C)(C)C)N(C(=O)C(CC(N)=O)NC(=O)OC(C)(C)C)C2CCC2)c1O. The Labute approximate surface area is 212 Å². The number of benzene rings is 1. The van der Waals surface area contributed by atoms with Gasteiger partial charge in [-0.1, -0.05) is 18.2 Å². The first-order chi connectivity index (χ1) is 16.5. The van der Waals surface area contributed by atoms with E-state index in [1.54, 1.807) is 45.9 Å². The molecule has 1 aromatic carbocycles. The number of para-hydroxylation sites is 1. The van der Waals surface area contributed by atoms with E-state index in [4.69, 9.17) is 10.5 Å². The first-order valence-corrected chi connectivity index (χ1v) is 12.2. The maximum Gasteiger partial charge on any atom is 0.408 e. The van der Waals surface area contributed by atoms with Crippen molar-refractivity contribution in [2.24, 2.45) is 5.73 Å². The third-order valence-corrected chi connectivity index (χ3v) is 5.71. The van der Waals surface area contributed by atoms with Gasteiger partial charge in [-0.2, -0.15) is 0 Å². The van der Waals surface area contributed by atoms with E-state index in [0.717, 1.165) is 6.42 Å². The lowest BCUT2D eigenvalue weighted by atomic mass is 9.87. The molecule has 0 spiro atoms. The van der Waals surface area contributed by atoms with Crippen LogP contribution in [0.1, 0.15) is 84.4 Å². The fraction of sp³-hybridized carbons (Fsp3) is 0.615. The smallest absolute Gasteiger partial charge is 0.408 e. The number of nitrogens with two attached hydrogens (primary N) is 1. The van der Waals surface area contributed by atoms with Crippen LogP contribution in [0.2, 0.25) is 0 Å². The Bertz CT molecular complexity index is 991. The molecule has 2 rings (SSSR count). The quantitative estimate of drug-likeness (QED) is 0.427. The molecule has 0 bridgehead atoms. The van der Waals surface area contributed by atoms with E-state index >= 15 is 0 Å². The van der Waals surface area contributed by atoms with E-state index in [9.17, 15) is 24.3 Å². The van der Waals surface area contributed by atoms with Gasteiger partial charge in [0.05, 0.1) is 6.42 Å². The molecule has 200 valence electrons. The molecule has 10 nitrogen and oxygen atoms in total. The van der Waals surface area contributed by atoms with Crippen LogP contribution in [-0.2, 0) is 19.1 Å². The standard InChI is InChI=1S/C26H40N4O6/c1-15-10-8-13-17(21(15)32)20(22(33)29-25(2,3)4)30(16-11-9-12-16)23(34)18(14-19(27)31)28-24(35)36-26(5,6)7/h8,10,13,16,18,20,32H,9,11-12,14H2,1-7H3,(H2,27,31)(H,28,35)(H,29,33). The van der Waals surface area contributed by atoms with Crippen molar-refractivity contribution in [3.63, 3.8) is 0 Å². The number of phenolic OH excluding ortho intramolecular Hbond substituents is 1. The number of rotatable bonds is 8. The molecule has 10 heteroatoms. The van der Waals surface area contributed by atoms with Crippen LogP contribution in [0.15, 0.2) is 18.2 Å². The fourth-order valence-electron chi connectivity index (χ4n) is 3.97. The second-order valence-corrected chi connectivity index (χ2v) is 11.4. The minimum absolute atomic E-state index is 0.102. The van der Waals surface area contributed by atoms with Crippen molar-refractivity contribution in [1.29, 1.82) is 0 Å². The van der Waals surface area contributed by atoms with E-state index in [2.05, 4.69) is 10.6 Å². The van der Waals surface area contributed by atoms with Crippen LogP contribution in [-0.4, -0.2) is 57.0 Å². The summed E-state index contributed by atoms with van der Waals surface area (Å²) in [6.07, 6.45) is 0.752. The van der Waals surface area contributed by atoms with Gasteiger partial charge >= 0.3 is 6.09 Å². The van der Waals surface area contributed by atoms with E-state index < -0.39 is 53.5 Å². The minimum Gasteiger partial charge on any atom is -0.507 e. The molecule has 4 amide bonds. The summed E-state index contributed by atoms with van der Waals surface area (Å²) >= 11 is 0. The van der Waals surface area contributed by atoms with Crippen LogP contribution < -0.4 is 16.4 Å². The first-order valence-electron chi connectivity index (χ1n) is 12.2. The Morgan fingerprint density at radius 1 is 1.14 bits per heavy atom. The number of aryl methyl sites for hydroxylation is 1. The molecule has 2 unspecified atom stereocenters. The van der Waals surface area contributed by atoms with E-state index in [0.29, 0.717) is 18.4 Å². The molecule has 1 fully saturated rings. The number of hydrogen-bond donors (Lipinski definition) is 4. The highest BCUT2D eigenvalue weighted by molar-refractivity contribution is 5.95. The Balaban J connectivity index is 2.58. The van der Waals surface area contributed by atoms with Crippen LogP contribution in [0, 0.1) is 6.92 Å². The Kier molecular flexibility index (Phi) is 8.98. The molecule has 1 aliphatic rings. The van der Waals surface area contributed by atoms with Crippen molar-refractivity contribution in [2.75, 3.05) is 0 Å². The Morgan fingerprint density at radius 3 is 2.22 bits per heavy atom. The van der Waals surface area contributed by atoms with Crippen molar-refractivity contribution >= 4 is 23.8 Å². The maximum absolute atomic E-state index is 14.0. The van der Waals surface area contributed by atoms with Crippen LogP contribution in [0.25, 0.3) is 0 Å². The molecule has 0 heterocycles. The van der Waals surface area contributed by atoms with Crippen molar-refractivity contribution in [1.82, 2.24) is 15.5 Å².